The van der Waals surface area contributed by atoms with Crippen LogP contribution in [0.15, 0.2) is 12.3 Å². The highest BCUT2D eigenvalue weighted by atomic mass is 16.6. The molecule has 0 unspecified atom stereocenters. The first-order valence-electron chi connectivity index (χ1n) is 6.13. The number of ether oxygens (including phenoxy) is 1. The fourth-order valence-electron chi connectivity index (χ4n) is 2.15. The molecule has 0 spiro atoms. The zero-order chi connectivity index (χ0) is 14.9. The Morgan fingerprint density at radius 2 is 2.30 bits per heavy atom. The van der Waals surface area contributed by atoms with Crippen LogP contribution < -0.4 is 4.90 Å². The molecule has 0 aromatic carbocycles. The lowest BCUT2D eigenvalue weighted by atomic mass is 9.96. The van der Waals surface area contributed by atoms with Crippen molar-refractivity contribution in [2.45, 2.75) is 19.4 Å². The third-order valence-corrected chi connectivity index (χ3v) is 2.95. The van der Waals surface area contributed by atoms with Crippen LogP contribution in [0.5, 0.6) is 0 Å². The van der Waals surface area contributed by atoms with Gasteiger partial charge in [0, 0.05) is 19.3 Å². The van der Waals surface area contributed by atoms with E-state index >= 15 is 0 Å². The van der Waals surface area contributed by atoms with E-state index in [1.54, 1.807) is 18.7 Å². The molecule has 0 radical (unpaired) electrons. The first kappa shape index (κ1) is 14.2. The largest absolute Gasteiger partial charge is 0.462 e. The highest BCUT2D eigenvalue weighted by Crippen LogP contribution is 2.35. The topological polar surface area (TPSA) is 106 Å². The van der Waals surface area contributed by atoms with Crippen molar-refractivity contribution in [3.63, 3.8) is 0 Å². The molecule has 1 saturated heterocycles. The van der Waals surface area contributed by atoms with Crippen LogP contribution in [0.2, 0.25) is 0 Å². The average molecular weight is 281 g/mol. The minimum Gasteiger partial charge on any atom is -0.462 e. The minimum absolute atomic E-state index is 0.0760. The predicted octanol–water partition coefficient (Wildman–Crippen LogP) is 0.738. The summed E-state index contributed by atoms with van der Waals surface area (Å²) in [6, 6.07) is 1.26. The average Bonchev–Trinajstić information content (AvgIpc) is 2.35. The number of aliphatic hydroxyl groups is 1. The molecular formula is C12H15N3O5. The molecule has 8 heteroatoms. The quantitative estimate of drug-likeness (QED) is 0.492. The summed E-state index contributed by atoms with van der Waals surface area (Å²) in [7, 11) is 0. The number of pyridine rings is 1. The Balaban J connectivity index is 2.40. The standard InChI is InChI=1S/C12H15N3O5/c1-3-20-11(16)8-4-5-13-10(9(8)15(18)19)14-6-12(2,17)7-14/h4-5,17H,3,6-7H2,1-2H3. The maximum absolute atomic E-state index is 11.8. The van der Waals surface area contributed by atoms with E-state index < -0.39 is 16.5 Å². The molecule has 1 aliphatic heterocycles. The van der Waals surface area contributed by atoms with Crippen LogP contribution in [0.1, 0.15) is 24.2 Å². The molecule has 2 heterocycles. The smallest absolute Gasteiger partial charge is 0.345 e. The van der Waals surface area contributed by atoms with E-state index in [0.29, 0.717) is 0 Å². The third kappa shape index (κ3) is 2.55. The van der Waals surface area contributed by atoms with Crippen molar-refractivity contribution < 1.29 is 19.6 Å². The molecule has 0 bridgehead atoms. The summed E-state index contributed by atoms with van der Waals surface area (Å²) < 4.78 is 4.81. The van der Waals surface area contributed by atoms with Crippen LogP contribution in [0.3, 0.4) is 0 Å². The van der Waals surface area contributed by atoms with Gasteiger partial charge in [-0.3, -0.25) is 10.1 Å². The summed E-state index contributed by atoms with van der Waals surface area (Å²) in [6.45, 7) is 3.84. The zero-order valence-corrected chi connectivity index (χ0v) is 11.2. The van der Waals surface area contributed by atoms with E-state index in [0.717, 1.165) is 0 Å². The first-order valence-corrected chi connectivity index (χ1v) is 6.13. The lowest BCUT2D eigenvalue weighted by Gasteiger charge is -2.44. The monoisotopic (exact) mass is 281 g/mol. The molecule has 0 saturated carbocycles. The molecule has 1 aromatic heterocycles. The summed E-state index contributed by atoms with van der Waals surface area (Å²) in [6.07, 6.45) is 1.32. The van der Waals surface area contributed by atoms with Gasteiger partial charge in [0.05, 0.1) is 17.1 Å². The Kier molecular flexibility index (Phi) is 3.58. The van der Waals surface area contributed by atoms with Crippen molar-refractivity contribution in [3.05, 3.63) is 27.9 Å². The number of esters is 1. The number of hydrogen-bond donors (Lipinski definition) is 1. The Labute approximate surface area is 115 Å². The van der Waals surface area contributed by atoms with Gasteiger partial charge in [-0.15, -0.1) is 0 Å². The Morgan fingerprint density at radius 1 is 1.65 bits per heavy atom. The lowest BCUT2D eigenvalue weighted by Crippen LogP contribution is -2.60. The number of carbonyl (C=O) groups excluding carboxylic acids is 1. The van der Waals surface area contributed by atoms with Crippen molar-refractivity contribution in [1.82, 2.24) is 4.98 Å². The molecule has 1 aliphatic rings. The van der Waals surface area contributed by atoms with Gasteiger partial charge in [0.15, 0.2) is 0 Å². The number of nitro groups is 1. The molecular weight excluding hydrogens is 266 g/mol. The summed E-state index contributed by atoms with van der Waals surface area (Å²) in [5.41, 5.74) is -1.41. The number of rotatable bonds is 4. The van der Waals surface area contributed by atoms with Gasteiger partial charge in [-0.1, -0.05) is 0 Å². The van der Waals surface area contributed by atoms with Gasteiger partial charge >= 0.3 is 11.7 Å². The normalized spacial score (nSPS) is 16.4. The molecule has 1 aromatic rings. The fraction of sp³-hybridized carbons (Fsp3) is 0.500. The lowest BCUT2D eigenvalue weighted by molar-refractivity contribution is -0.384. The van der Waals surface area contributed by atoms with Gasteiger partial charge in [-0.05, 0) is 19.9 Å². The van der Waals surface area contributed by atoms with Crippen LogP contribution in [-0.2, 0) is 4.74 Å². The van der Waals surface area contributed by atoms with Crippen LogP contribution >= 0.6 is 0 Å². The molecule has 108 valence electrons. The molecule has 20 heavy (non-hydrogen) atoms. The molecule has 0 atom stereocenters. The van der Waals surface area contributed by atoms with E-state index in [2.05, 4.69) is 4.98 Å². The summed E-state index contributed by atoms with van der Waals surface area (Å²) in [4.78, 5) is 27.8. The van der Waals surface area contributed by atoms with Gasteiger partial charge in [0.1, 0.15) is 5.56 Å². The highest BCUT2D eigenvalue weighted by Gasteiger charge is 2.41. The minimum atomic E-state index is -0.893. The third-order valence-electron chi connectivity index (χ3n) is 2.95. The van der Waals surface area contributed by atoms with Gasteiger partial charge < -0.3 is 14.7 Å². The van der Waals surface area contributed by atoms with Gasteiger partial charge in [-0.2, -0.15) is 0 Å². The van der Waals surface area contributed by atoms with Crippen molar-refractivity contribution >= 4 is 17.5 Å². The molecule has 1 fully saturated rings. The number of carbonyl (C=O) groups is 1. The van der Waals surface area contributed by atoms with Crippen molar-refractivity contribution in [1.29, 1.82) is 0 Å². The van der Waals surface area contributed by atoms with Crippen molar-refractivity contribution in [2.75, 3.05) is 24.6 Å². The number of nitrogens with zero attached hydrogens (tertiary/aromatic N) is 3. The van der Waals surface area contributed by atoms with Crippen LogP contribution in [0.25, 0.3) is 0 Å². The second-order valence-electron chi connectivity index (χ2n) is 4.86. The number of aromatic nitrogens is 1. The first-order chi connectivity index (χ1) is 9.35. The van der Waals surface area contributed by atoms with Crippen LogP contribution in [0.4, 0.5) is 11.5 Å². The number of hydrogen-bond acceptors (Lipinski definition) is 7. The Morgan fingerprint density at radius 3 is 2.80 bits per heavy atom. The molecule has 1 N–H and O–H groups in total. The summed E-state index contributed by atoms with van der Waals surface area (Å²) in [5.74, 6) is -0.679. The maximum Gasteiger partial charge on any atom is 0.345 e. The van der Waals surface area contributed by atoms with Gasteiger partial charge in [-0.25, -0.2) is 9.78 Å². The van der Waals surface area contributed by atoms with E-state index in [9.17, 15) is 20.0 Å². The van der Waals surface area contributed by atoms with E-state index in [4.69, 9.17) is 4.74 Å². The van der Waals surface area contributed by atoms with E-state index in [1.807, 2.05) is 0 Å². The highest BCUT2D eigenvalue weighted by molar-refractivity contribution is 5.96. The molecule has 2 rings (SSSR count). The summed E-state index contributed by atoms with van der Waals surface area (Å²) in [5, 5.41) is 20.9. The number of anilines is 1. The van der Waals surface area contributed by atoms with Gasteiger partial charge in [0.25, 0.3) is 0 Å². The number of β-amino-alcohol motifs (C(OH)–C–C–N with tert-alkyl or cyclic N) is 1. The second kappa shape index (κ2) is 5.04. The zero-order valence-electron chi connectivity index (χ0n) is 11.2. The summed E-state index contributed by atoms with van der Waals surface area (Å²) >= 11 is 0. The predicted molar refractivity (Wildman–Crippen MR) is 69.7 cm³/mol. The van der Waals surface area contributed by atoms with Crippen LogP contribution in [0, 0.1) is 10.1 Å². The molecule has 0 amide bonds. The van der Waals surface area contributed by atoms with E-state index in [-0.39, 0.29) is 36.8 Å². The van der Waals surface area contributed by atoms with Crippen LogP contribution in [-0.4, -0.2) is 46.3 Å². The van der Waals surface area contributed by atoms with Crippen molar-refractivity contribution in [2.24, 2.45) is 0 Å². The fourth-order valence-corrected chi connectivity index (χ4v) is 2.15. The van der Waals surface area contributed by atoms with Crippen molar-refractivity contribution in [3.8, 4) is 0 Å². The van der Waals surface area contributed by atoms with E-state index in [1.165, 1.54) is 12.3 Å². The molecule has 8 nitrogen and oxygen atoms in total. The Bertz CT molecular complexity index is 550. The maximum atomic E-state index is 11.8. The Hall–Kier alpha value is -2.22. The molecule has 0 aliphatic carbocycles. The van der Waals surface area contributed by atoms with Gasteiger partial charge in [0.2, 0.25) is 5.82 Å². The second-order valence-corrected chi connectivity index (χ2v) is 4.86. The SMILES string of the molecule is CCOC(=O)c1ccnc(N2CC(C)(O)C2)c1[N+](=O)[O-].